The Balaban J connectivity index is 1.80. The monoisotopic (exact) mass is 276 g/mol. The number of amides is 1. The Labute approximate surface area is 118 Å². The van der Waals surface area contributed by atoms with E-state index in [9.17, 15) is 9.59 Å². The quantitative estimate of drug-likeness (QED) is 0.874. The van der Waals surface area contributed by atoms with Crippen LogP contribution >= 0.6 is 0 Å². The van der Waals surface area contributed by atoms with E-state index in [-0.39, 0.29) is 11.8 Å². The number of benzene rings is 1. The van der Waals surface area contributed by atoms with Gasteiger partial charge in [-0.15, -0.1) is 0 Å². The van der Waals surface area contributed by atoms with Gasteiger partial charge in [0.1, 0.15) is 0 Å². The van der Waals surface area contributed by atoms with Crippen molar-refractivity contribution >= 4 is 11.9 Å². The molecule has 0 aromatic heterocycles. The first-order valence-electron chi connectivity index (χ1n) is 6.87. The number of aryl methyl sites for hydroxylation is 1. The smallest absolute Gasteiger partial charge is 0.306 e. The van der Waals surface area contributed by atoms with Crippen LogP contribution in [0.15, 0.2) is 24.3 Å². The van der Waals surface area contributed by atoms with Crippen molar-refractivity contribution in [1.82, 2.24) is 10.2 Å². The van der Waals surface area contributed by atoms with Crippen molar-refractivity contribution in [2.75, 3.05) is 19.8 Å². The molecule has 0 unspecified atom stereocenters. The molecule has 108 valence electrons. The molecule has 1 fully saturated rings. The number of carboxylic acids is 1. The summed E-state index contributed by atoms with van der Waals surface area (Å²) in [6.45, 7) is 3.81. The highest BCUT2D eigenvalue weighted by atomic mass is 16.4. The van der Waals surface area contributed by atoms with Gasteiger partial charge in [-0.1, -0.05) is 18.2 Å². The number of carbonyl (C=O) groups excluding carboxylic acids is 1. The summed E-state index contributed by atoms with van der Waals surface area (Å²) >= 11 is 0. The van der Waals surface area contributed by atoms with Crippen LogP contribution < -0.4 is 5.32 Å². The SMILES string of the molecule is Cc1ccccc1C(=O)NCN1CCC(C(=O)O)CC1. The van der Waals surface area contributed by atoms with E-state index in [0.717, 1.165) is 5.56 Å². The van der Waals surface area contributed by atoms with E-state index in [1.165, 1.54) is 0 Å². The molecular formula is C15H20N2O3. The van der Waals surface area contributed by atoms with Gasteiger partial charge in [-0.25, -0.2) is 0 Å². The zero-order valence-electron chi connectivity index (χ0n) is 11.6. The summed E-state index contributed by atoms with van der Waals surface area (Å²) in [7, 11) is 0. The molecule has 0 radical (unpaired) electrons. The second-order valence-corrected chi connectivity index (χ2v) is 5.21. The number of hydrogen-bond donors (Lipinski definition) is 2. The fourth-order valence-corrected chi connectivity index (χ4v) is 2.44. The van der Waals surface area contributed by atoms with Crippen LogP contribution in [0.3, 0.4) is 0 Å². The molecule has 0 saturated carbocycles. The summed E-state index contributed by atoms with van der Waals surface area (Å²) in [6.07, 6.45) is 1.30. The molecule has 5 nitrogen and oxygen atoms in total. The zero-order chi connectivity index (χ0) is 14.5. The minimum atomic E-state index is -0.714. The lowest BCUT2D eigenvalue weighted by molar-refractivity contribution is -0.143. The number of likely N-dealkylation sites (tertiary alicyclic amines) is 1. The van der Waals surface area contributed by atoms with Gasteiger partial charge in [0.25, 0.3) is 5.91 Å². The summed E-state index contributed by atoms with van der Waals surface area (Å²) in [6, 6.07) is 7.47. The number of rotatable bonds is 4. The normalized spacial score (nSPS) is 16.9. The molecule has 2 rings (SSSR count). The Bertz CT molecular complexity index is 494. The van der Waals surface area contributed by atoms with Crippen LogP contribution in [0.25, 0.3) is 0 Å². The summed E-state index contributed by atoms with van der Waals surface area (Å²) in [5.74, 6) is -1.03. The van der Waals surface area contributed by atoms with Crippen molar-refractivity contribution in [3.63, 3.8) is 0 Å². The van der Waals surface area contributed by atoms with Crippen LogP contribution in [0.4, 0.5) is 0 Å². The van der Waals surface area contributed by atoms with Gasteiger partial charge in [-0.3, -0.25) is 14.5 Å². The third-order valence-corrected chi connectivity index (χ3v) is 3.79. The first-order chi connectivity index (χ1) is 9.58. The largest absolute Gasteiger partial charge is 0.481 e. The van der Waals surface area contributed by atoms with E-state index in [1.54, 1.807) is 6.07 Å². The molecule has 1 saturated heterocycles. The molecule has 1 heterocycles. The van der Waals surface area contributed by atoms with E-state index in [0.29, 0.717) is 38.2 Å². The third kappa shape index (κ3) is 3.57. The fourth-order valence-electron chi connectivity index (χ4n) is 2.44. The van der Waals surface area contributed by atoms with Gasteiger partial charge in [-0.2, -0.15) is 0 Å². The van der Waals surface area contributed by atoms with Crippen LogP contribution in [0.1, 0.15) is 28.8 Å². The first-order valence-corrected chi connectivity index (χ1v) is 6.87. The minimum absolute atomic E-state index is 0.0801. The number of nitrogens with zero attached hydrogens (tertiary/aromatic N) is 1. The highest BCUT2D eigenvalue weighted by Crippen LogP contribution is 2.16. The second-order valence-electron chi connectivity index (χ2n) is 5.21. The lowest BCUT2D eigenvalue weighted by atomic mass is 9.97. The van der Waals surface area contributed by atoms with Crippen LogP contribution in [-0.2, 0) is 4.79 Å². The molecule has 1 aromatic carbocycles. The number of hydrogen-bond acceptors (Lipinski definition) is 3. The molecular weight excluding hydrogens is 256 g/mol. The number of nitrogens with one attached hydrogen (secondary N) is 1. The van der Waals surface area contributed by atoms with E-state index in [2.05, 4.69) is 10.2 Å². The summed E-state index contributed by atoms with van der Waals surface area (Å²) in [5.41, 5.74) is 1.64. The summed E-state index contributed by atoms with van der Waals surface area (Å²) < 4.78 is 0. The average molecular weight is 276 g/mol. The van der Waals surface area contributed by atoms with Crippen LogP contribution in [0.2, 0.25) is 0 Å². The number of carboxylic acid groups (broad SMARTS) is 1. The Morgan fingerprint density at radius 3 is 2.55 bits per heavy atom. The predicted octanol–water partition coefficient (Wildman–Crippen LogP) is 1.48. The average Bonchev–Trinajstić information content (AvgIpc) is 2.45. The van der Waals surface area contributed by atoms with Crippen LogP contribution in [0, 0.1) is 12.8 Å². The van der Waals surface area contributed by atoms with E-state index >= 15 is 0 Å². The van der Waals surface area contributed by atoms with Crippen LogP contribution in [-0.4, -0.2) is 41.6 Å². The van der Waals surface area contributed by atoms with Crippen molar-refractivity contribution < 1.29 is 14.7 Å². The topological polar surface area (TPSA) is 69.6 Å². The van der Waals surface area contributed by atoms with Crippen molar-refractivity contribution in [1.29, 1.82) is 0 Å². The van der Waals surface area contributed by atoms with Gasteiger partial charge in [0, 0.05) is 18.7 Å². The van der Waals surface area contributed by atoms with Gasteiger partial charge < -0.3 is 10.4 Å². The standard InChI is InChI=1S/C15H20N2O3/c1-11-4-2-3-5-13(11)14(18)16-10-17-8-6-12(7-9-17)15(19)20/h2-5,12H,6-10H2,1H3,(H,16,18)(H,19,20). The molecule has 0 bridgehead atoms. The molecule has 1 aromatic rings. The van der Waals surface area contributed by atoms with Crippen molar-refractivity contribution in [3.8, 4) is 0 Å². The molecule has 0 atom stereocenters. The van der Waals surface area contributed by atoms with E-state index in [4.69, 9.17) is 5.11 Å². The van der Waals surface area contributed by atoms with Crippen molar-refractivity contribution in [3.05, 3.63) is 35.4 Å². The second kappa shape index (κ2) is 6.52. The number of carbonyl (C=O) groups is 2. The maximum Gasteiger partial charge on any atom is 0.306 e. The molecule has 20 heavy (non-hydrogen) atoms. The molecule has 1 aliphatic heterocycles. The van der Waals surface area contributed by atoms with Crippen LogP contribution in [0.5, 0.6) is 0 Å². The van der Waals surface area contributed by atoms with Gasteiger partial charge in [0.15, 0.2) is 0 Å². The highest BCUT2D eigenvalue weighted by molar-refractivity contribution is 5.95. The molecule has 0 aliphatic carbocycles. The van der Waals surface area contributed by atoms with Gasteiger partial charge in [0.05, 0.1) is 12.6 Å². The number of aliphatic carboxylic acids is 1. The van der Waals surface area contributed by atoms with Crippen molar-refractivity contribution in [2.24, 2.45) is 5.92 Å². The Kier molecular flexibility index (Phi) is 4.74. The minimum Gasteiger partial charge on any atom is -0.481 e. The van der Waals surface area contributed by atoms with E-state index in [1.807, 2.05) is 25.1 Å². The van der Waals surface area contributed by atoms with Gasteiger partial charge in [-0.05, 0) is 31.4 Å². The lowest BCUT2D eigenvalue weighted by Gasteiger charge is -2.29. The maximum absolute atomic E-state index is 12.0. The summed E-state index contributed by atoms with van der Waals surface area (Å²) in [5, 5.41) is 11.8. The molecule has 1 aliphatic rings. The molecule has 2 N–H and O–H groups in total. The molecule has 0 spiro atoms. The third-order valence-electron chi connectivity index (χ3n) is 3.79. The maximum atomic E-state index is 12.0. The van der Waals surface area contributed by atoms with Gasteiger partial charge in [0.2, 0.25) is 0 Å². The zero-order valence-corrected chi connectivity index (χ0v) is 11.6. The molecule has 1 amide bonds. The molecule has 5 heteroatoms. The predicted molar refractivity (Wildman–Crippen MR) is 75.4 cm³/mol. The number of piperidine rings is 1. The highest BCUT2D eigenvalue weighted by Gasteiger charge is 2.24. The lowest BCUT2D eigenvalue weighted by Crippen LogP contribution is -2.43. The Morgan fingerprint density at radius 2 is 1.95 bits per heavy atom. The summed E-state index contributed by atoms with van der Waals surface area (Å²) in [4.78, 5) is 25.0. The van der Waals surface area contributed by atoms with Crippen molar-refractivity contribution in [2.45, 2.75) is 19.8 Å². The van der Waals surface area contributed by atoms with Gasteiger partial charge >= 0.3 is 5.97 Å². The Morgan fingerprint density at radius 1 is 1.30 bits per heavy atom. The fraction of sp³-hybridized carbons (Fsp3) is 0.467. The van der Waals surface area contributed by atoms with E-state index < -0.39 is 5.97 Å². The first kappa shape index (κ1) is 14.5. The Hall–Kier alpha value is -1.88.